The minimum atomic E-state index is -1.09. The van der Waals surface area contributed by atoms with Gasteiger partial charge in [0.25, 0.3) is 0 Å². The summed E-state index contributed by atoms with van der Waals surface area (Å²) in [6, 6.07) is 3.27. The molecule has 146 valence electrons. The van der Waals surface area contributed by atoms with Gasteiger partial charge >= 0.3 is 5.97 Å². The van der Waals surface area contributed by atoms with Crippen LogP contribution in [0.1, 0.15) is 12.5 Å². The van der Waals surface area contributed by atoms with E-state index in [-0.39, 0.29) is 12.1 Å². The summed E-state index contributed by atoms with van der Waals surface area (Å²) in [5.74, 6) is -1.71. The highest BCUT2D eigenvalue weighted by Crippen LogP contribution is 2.31. The Morgan fingerprint density at radius 3 is 2.44 bits per heavy atom. The maximum absolute atomic E-state index is 13.6. The van der Waals surface area contributed by atoms with E-state index in [1.54, 1.807) is 17.9 Å². The molecule has 0 aromatic heterocycles. The number of rotatable bonds is 5. The summed E-state index contributed by atoms with van der Waals surface area (Å²) >= 11 is 0. The summed E-state index contributed by atoms with van der Waals surface area (Å²) < 4.78 is 38.2. The highest BCUT2D eigenvalue weighted by molar-refractivity contribution is 5.89. The second-order valence-corrected chi connectivity index (χ2v) is 6.50. The molecule has 0 bridgehead atoms. The van der Waals surface area contributed by atoms with Gasteiger partial charge in [-0.25, -0.2) is 13.6 Å². The lowest BCUT2D eigenvalue weighted by Crippen LogP contribution is -2.49. The Kier molecular flexibility index (Phi) is 5.76. The number of morpholine rings is 1. The van der Waals surface area contributed by atoms with Gasteiger partial charge in [0.1, 0.15) is 17.5 Å². The Hall–Kier alpha value is -2.45. The van der Waals surface area contributed by atoms with Crippen molar-refractivity contribution in [2.24, 2.45) is 0 Å². The molecule has 2 aliphatic rings. The lowest BCUT2D eigenvalue weighted by atomic mass is 10.0. The van der Waals surface area contributed by atoms with Crippen LogP contribution in [-0.2, 0) is 20.8 Å². The second kappa shape index (κ2) is 8.06. The van der Waals surface area contributed by atoms with Gasteiger partial charge in [-0.3, -0.25) is 0 Å². The maximum atomic E-state index is 13.6. The van der Waals surface area contributed by atoms with Crippen LogP contribution in [0.2, 0.25) is 0 Å². The number of hydrogen-bond acceptors (Lipinski definition) is 5. The van der Waals surface area contributed by atoms with E-state index in [4.69, 9.17) is 9.47 Å². The fraction of sp³-hybridized carbons (Fsp3) is 0.421. The first kappa shape index (κ1) is 19.3. The summed E-state index contributed by atoms with van der Waals surface area (Å²) in [4.78, 5) is 15.6. The number of carboxylic acid groups (broad SMARTS) is 1. The lowest BCUT2D eigenvalue weighted by Gasteiger charge is -2.43. The van der Waals surface area contributed by atoms with Crippen molar-refractivity contribution in [1.29, 1.82) is 0 Å². The van der Waals surface area contributed by atoms with E-state index in [1.165, 1.54) is 19.2 Å². The minimum Gasteiger partial charge on any atom is -0.478 e. The number of halogens is 2. The Morgan fingerprint density at radius 2 is 1.89 bits per heavy atom. The average molecular weight is 380 g/mol. The van der Waals surface area contributed by atoms with Crippen LogP contribution in [0.15, 0.2) is 41.2 Å². The number of nitrogens with zero attached hydrogens (tertiary/aromatic N) is 2. The molecular weight excluding hydrogens is 358 g/mol. The second-order valence-electron chi connectivity index (χ2n) is 6.50. The summed E-state index contributed by atoms with van der Waals surface area (Å²) in [6.07, 6.45) is 0.900. The van der Waals surface area contributed by atoms with Crippen molar-refractivity contribution in [2.45, 2.75) is 19.7 Å². The zero-order valence-electron chi connectivity index (χ0n) is 15.2. The lowest BCUT2D eigenvalue weighted by molar-refractivity contribution is -0.136. The first-order chi connectivity index (χ1) is 12.9. The van der Waals surface area contributed by atoms with Crippen molar-refractivity contribution in [2.75, 3.05) is 33.4 Å². The fourth-order valence-corrected chi connectivity index (χ4v) is 3.47. The Balaban J connectivity index is 2.02. The van der Waals surface area contributed by atoms with Crippen LogP contribution in [0.3, 0.4) is 0 Å². The van der Waals surface area contributed by atoms with E-state index in [9.17, 15) is 18.7 Å². The molecule has 0 saturated carbocycles. The monoisotopic (exact) mass is 380 g/mol. The molecule has 6 nitrogen and oxygen atoms in total. The fourth-order valence-electron chi connectivity index (χ4n) is 3.47. The molecule has 2 aliphatic heterocycles. The third-order valence-corrected chi connectivity index (χ3v) is 4.66. The predicted octanol–water partition coefficient (Wildman–Crippen LogP) is 2.33. The average Bonchev–Trinajstić information content (AvgIpc) is 2.62. The van der Waals surface area contributed by atoms with Gasteiger partial charge in [-0.2, -0.15) is 0 Å². The van der Waals surface area contributed by atoms with Crippen molar-refractivity contribution in [1.82, 2.24) is 9.80 Å². The molecule has 3 rings (SSSR count). The number of carbonyl (C=O) groups is 1. The van der Waals surface area contributed by atoms with Gasteiger partial charge in [0.15, 0.2) is 6.23 Å². The Morgan fingerprint density at radius 1 is 1.26 bits per heavy atom. The van der Waals surface area contributed by atoms with Crippen LogP contribution < -0.4 is 0 Å². The summed E-state index contributed by atoms with van der Waals surface area (Å²) in [5, 5.41) is 9.63. The van der Waals surface area contributed by atoms with Gasteiger partial charge < -0.3 is 24.4 Å². The smallest absolute Gasteiger partial charge is 0.336 e. The van der Waals surface area contributed by atoms with Gasteiger partial charge in [-0.05, 0) is 36.3 Å². The first-order valence-corrected chi connectivity index (χ1v) is 8.63. The van der Waals surface area contributed by atoms with Crippen molar-refractivity contribution in [3.8, 4) is 0 Å². The number of methoxy groups -OCH3 is 1. The third-order valence-electron chi connectivity index (χ3n) is 4.66. The number of hydrogen-bond donors (Lipinski definition) is 1. The predicted molar refractivity (Wildman–Crippen MR) is 93.5 cm³/mol. The van der Waals surface area contributed by atoms with E-state index >= 15 is 0 Å². The van der Waals surface area contributed by atoms with Gasteiger partial charge in [0.05, 0.1) is 18.8 Å². The summed E-state index contributed by atoms with van der Waals surface area (Å²) in [7, 11) is 1.42. The van der Waals surface area contributed by atoms with Crippen LogP contribution in [0.4, 0.5) is 8.78 Å². The quantitative estimate of drug-likeness (QED) is 0.846. The third kappa shape index (κ3) is 4.12. The zero-order chi connectivity index (χ0) is 19.6. The first-order valence-electron chi connectivity index (χ1n) is 8.63. The van der Waals surface area contributed by atoms with Crippen molar-refractivity contribution in [3.05, 3.63) is 58.4 Å². The Labute approximate surface area is 156 Å². The molecule has 1 saturated heterocycles. The number of ether oxygens (including phenoxy) is 2. The topological polar surface area (TPSA) is 62.2 Å². The molecule has 27 heavy (non-hydrogen) atoms. The normalized spacial score (nSPS) is 20.7. The van der Waals surface area contributed by atoms with E-state index in [1.807, 2.05) is 0 Å². The largest absolute Gasteiger partial charge is 0.478 e. The number of benzene rings is 1. The number of carboxylic acids is 1. The SMILES string of the molecule is COC1C(C(=O)O)=C(C)C=C(N2CCOCC2)N1Cc1cc(F)cc(F)c1. The molecule has 1 aromatic rings. The molecule has 1 unspecified atom stereocenters. The highest BCUT2D eigenvalue weighted by Gasteiger charge is 2.36. The maximum Gasteiger partial charge on any atom is 0.336 e. The van der Waals surface area contributed by atoms with Gasteiger partial charge in [-0.1, -0.05) is 0 Å². The molecule has 2 heterocycles. The zero-order valence-corrected chi connectivity index (χ0v) is 15.2. The van der Waals surface area contributed by atoms with Crippen LogP contribution in [0.5, 0.6) is 0 Å². The van der Waals surface area contributed by atoms with Crippen LogP contribution in [0.25, 0.3) is 0 Å². The molecule has 1 fully saturated rings. The van der Waals surface area contributed by atoms with Gasteiger partial charge in [0.2, 0.25) is 0 Å². The van der Waals surface area contributed by atoms with E-state index < -0.39 is 23.8 Å². The Bertz CT molecular complexity index is 768. The van der Waals surface area contributed by atoms with Crippen molar-refractivity contribution < 1.29 is 28.2 Å². The molecule has 1 aromatic carbocycles. The van der Waals surface area contributed by atoms with Crippen molar-refractivity contribution >= 4 is 5.97 Å². The van der Waals surface area contributed by atoms with Crippen LogP contribution >= 0.6 is 0 Å². The molecule has 0 amide bonds. The number of aliphatic carboxylic acids is 1. The van der Waals surface area contributed by atoms with Gasteiger partial charge in [-0.15, -0.1) is 0 Å². The van der Waals surface area contributed by atoms with E-state index in [0.717, 1.165) is 11.9 Å². The summed E-state index contributed by atoms with van der Waals surface area (Å²) in [5.41, 5.74) is 1.07. The van der Waals surface area contributed by atoms with E-state index in [0.29, 0.717) is 37.4 Å². The highest BCUT2D eigenvalue weighted by atomic mass is 19.1. The molecule has 1 N–H and O–H groups in total. The molecule has 0 spiro atoms. The minimum absolute atomic E-state index is 0.0977. The molecule has 8 heteroatoms. The van der Waals surface area contributed by atoms with E-state index in [2.05, 4.69) is 4.90 Å². The molecule has 1 atom stereocenters. The molecular formula is C19H22F2N2O4. The summed E-state index contributed by atoms with van der Waals surface area (Å²) in [6.45, 7) is 4.17. The standard InChI is InChI=1S/C19H22F2N2O4/c1-12-7-16(22-3-5-27-6-4-22)23(18(26-2)17(12)19(24)25)11-13-8-14(20)10-15(21)9-13/h7-10,18H,3-6,11H2,1-2H3,(H,24,25). The van der Waals surface area contributed by atoms with Crippen LogP contribution in [0, 0.1) is 11.6 Å². The van der Waals surface area contributed by atoms with Gasteiger partial charge in [0, 0.05) is 32.8 Å². The van der Waals surface area contributed by atoms with Crippen molar-refractivity contribution in [3.63, 3.8) is 0 Å². The molecule has 0 aliphatic carbocycles. The molecule has 0 radical (unpaired) electrons. The van der Waals surface area contributed by atoms with Crippen LogP contribution in [-0.4, -0.2) is 60.5 Å². The number of allylic oxidation sites excluding steroid dienone is 2.